The van der Waals surface area contributed by atoms with Crippen LogP contribution in [0.15, 0.2) is 23.1 Å². The molecule has 0 radical (unpaired) electrons. The van der Waals surface area contributed by atoms with Crippen LogP contribution in [0.2, 0.25) is 0 Å². The average molecular weight is 276 g/mol. The van der Waals surface area contributed by atoms with E-state index in [4.69, 9.17) is 0 Å². The number of amides is 1. The van der Waals surface area contributed by atoms with Crippen LogP contribution in [0.25, 0.3) is 0 Å². The lowest BCUT2D eigenvalue weighted by atomic mass is 10.1. The average Bonchev–Trinajstić information content (AvgIpc) is 2.90. The number of rotatable bonds is 4. The molecule has 1 atom stereocenters. The third-order valence-electron chi connectivity index (χ3n) is 3.82. The maximum absolute atomic E-state index is 12.3. The smallest absolute Gasteiger partial charge is 0.254 e. The summed E-state index contributed by atoms with van der Waals surface area (Å²) < 4.78 is 1.58. The van der Waals surface area contributed by atoms with E-state index in [-0.39, 0.29) is 29.7 Å². The van der Waals surface area contributed by atoms with Gasteiger partial charge in [-0.3, -0.25) is 14.4 Å². The van der Waals surface area contributed by atoms with Gasteiger partial charge in [-0.2, -0.15) is 0 Å². The number of hydrogen-bond acceptors (Lipinski definition) is 3. The summed E-state index contributed by atoms with van der Waals surface area (Å²) in [6.07, 6.45) is 3.37. The highest BCUT2D eigenvalue weighted by molar-refractivity contribution is 5.88. The van der Waals surface area contributed by atoms with Crippen LogP contribution < -0.4 is 5.56 Å². The van der Waals surface area contributed by atoms with E-state index in [9.17, 15) is 14.4 Å². The van der Waals surface area contributed by atoms with Gasteiger partial charge in [-0.25, -0.2) is 0 Å². The summed E-state index contributed by atoms with van der Waals surface area (Å²) in [7, 11) is 0. The predicted octanol–water partition coefficient (Wildman–Crippen LogP) is 0.991. The Labute approximate surface area is 118 Å². The minimum atomic E-state index is -0.306. The molecule has 0 unspecified atom stereocenters. The van der Waals surface area contributed by atoms with Crippen LogP contribution in [0.3, 0.4) is 0 Å². The molecule has 5 nitrogen and oxygen atoms in total. The molecule has 1 aromatic rings. The van der Waals surface area contributed by atoms with E-state index in [1.807, 2.05) is 6.92 Å². The molecule has 1 aromatic heterocycles. The Morgan fingerprint density at radius 3 is 2.80 bits per heavy atom. The van der Waals surface area contributed by atoms with Crippen molar-refractivity contribution in [2.45, 2.75) is 45.7 Å². The van der Waals surface area contributed by atoms with Gasteiger partial charge in [-0.15, -0.1) is 0 Å². The Bertz CT molecular complexity index is 577. The molecule has 1 fully saturated rings. The van der Waals surface area contributed by atoms with Crippen LogP contribution >= 0.6 is 0 Å². The summed E-state index contributed by atoms with van der Waals surface area (Å²) in [5.41, 5.74) is 0.371. The molecule has 0 bridgehead atoms. The molecule has 1 aliphatic heterocycles. The Morgan fingerprint density at radius 2 is 2.15 bits per heavy atom. The van der Waals surface area contributed by atoms with Gasteiger partial charge in [-0.05, 0) is 32.8 Å². The molecule has 20 heavy (non-hydrogen) atoms. The van der Waals surface area contributed by atoms with Crippen LogP contribution in [0, 0.1) is 0 Å². The molecule has 2 rings (SSSR count). The molecule has 0 N–H and O–H groups in total. The van der Waals surface area contributed by atoms with Crippen molar-refractivity contribution < 1.29 is 9.59 Å². The molecular weight excluding hydrogens is 256 g/mol. The minimum Gasteiger partial charge on any atom is -0.332 e. The second-order valence-corrected chi connectivity index (χ2v) is 5.16. The summed E-state index contributed by atoms with van der Waals surface area (Å²) in [5, 5.41) is 0. The summed E-state index contributed by atoms with van der Waals surface area (Å²) in [5.74, 6) is -0.108. The summed E-state index contributed by atoms with van der Waals surface area (Å²) in [4.78, 5) is 37.5. The van der Waals surface area contributed by atoms with Crippen LogP contribution in [0.5, 0.6) is 0 Å². The largest absolute Gasteiger partial charge is 0.332 e. The van der Waals surface area contributed by atoms with Crippen LogP contribution in [-0.2, 0) is 22.6 Å². The zero-order valence-electron chi connectivity index (χ0n) is 12.0. The zero-order valence-corrected chi connectivity index (χ0v) is 12.0. The van der Waals surface area contributed by atoms with Gasteiger partial charge in [-0.1, -0.05) is 6.07 Å². The maximum Gasteiger partial charge on any atom is 0.254 e. The third kappa shape index (κ3) is 2.81. The molecule has 5 heteroatoms. The first-order valence-electron chi connectivity index (χ1n) is 7.02. The molecule has 1 saturated heterocycles. The van der Waals surface area contributed by atoms with E-state index in [0.29, 0.717) is 18.7 Å². The minimum absolute atomic E-state index is 0.0230. The number of nitrogens with zero attached hydrogens (tertiary/aromatic N) is 2. The van der Waals surface area contributed by atoms with Gasteiger partial charge >= 0.3 is 0 Å². The highest BCUT2D eigenvalue weighted by atomic mass is 16.2. The van der Waals surface area contributed by atoms with E-state index < -0.39 is 0 Å². The zero-order chi connectivity index (χ0) is 14.7. The van der Waals surface area contributed by atoms with Crippen molar-refractivity contribution >= 4 is 11.7 Å². The monoisotopic (exact) mass is 276 g/mol. The Morgan fingerprint density at radius 1 is 1.40 bits per heavy atom. The quantitative estimate of drug-likeness (QED) is 0.824. The van der Waals surface area contributed by atoms with Gasteiger partial charge in [0.15, 0.2) is 5.78 Å². The van der Waals surface area contributed by atoms with Gasteiger partial charge in [0.05, 0.1) is 12.5 Å². The molecule has 1 aliphatic rings. The van der Waals surface area contributed by atoms with Gasteiger partial charge in [0.1, 0.15) is 0 Å². The number of carbonyl (C=O) groups excluding carboxylic acids is 2. The lowest BCUT2D eigenvalue weighted by molar-refractivity contribution is -0.136. The van der Waals surface area contributed by atoms with Gasteiger partial charge in [0.2, 0.25) is 5.91 Å². The number of carbonyl (C=O) groups is 2. The van der Waals surface area contributed by atoms with Crippen molar-refractivity contribution in [3.63, 3.8) is 0 Å². The first-order valence-corrected chi connectivity index (χ1v) is 7.02. The standard InChI is InChI=1S/C15H20N2O3/c1-3-16-8-4-6-12(15(16)20)10-14(19)17-9-5-7-13(17)11(2)18/h4,6,8,13H,3,5,7,9-10H2,1-2H3/t13-/m0/s1. The number of aromatic nitrogens is 1. The molecule has 0 saturated carbocycles. The fourth-order valence-corrected chi connectivity index (χ4v) is 2.72. The lowest BCUT2D eigenvalue weighted by Gasteiger charge is -2.22. The van der Waals surface area contributed by atoms with E-state index in [1.54, 1.807) is 27.8 Å². The lowest BCUT2D eigenvalue weighted by Crippen LogP contribution is -2.41. The van der Waals surface area contributed by atoms with Crippen molar-refractivity contribution in [1.29, 1.82) is 0 Å². The van der Waals surface area contributed by atoms with Gasteiger partial charge < -0.3 is 9.47 Å². The molecular formula is C15H20N2O3. The molecule has 2 heterocycles. The Balaban J connectivity index is 2.16. The van der Waals surface area contributed by atoms with Gasteiger partial charge in [0, 0.05) is 24.8 Å². The number of Topliss-reactive ketones (excluding diaryl/α,β-unsaturated/α-hetero) is 1. The molecule has 0 aromatic carbocycles. The summed E-state index contributed by atoms with van der Waals surface area (Å²) in [6, 6.07) is 3.16. The van der Waals surface area contributed by atoms with Crippen molar-refractivity contribution in [2.75, 3.05) is 6.54 Å². The number of hydrogen-bond donors (Lipinski definition) is 0. The van der Waals surface area contributed by atoms with Crippen LogP contribution in [0.4, 0.5) is 0 Å². The van der Waals surface area contributed by atoms with E-state index >= 15 is 0 Å². The maximum atomic E-state index is 12.3. The van der Waals surface area contributed by atoms with E-state index in [1.165, 1.54) is 6.92 Å². The molecule has 108 valence electrons. The SMILES string of the molecule is CCn1cccc(CC(=O)N2CCC[C@H]2C(C)=O)c1=O. The van der Waals surface area contributed by atoms with Crippen LogP contribution in [0.1, 0.15) is 32.3 Å². The highest BCUT2D eigenvalue weighted by Crippen LogP contribution is 2.18. The highest BCUT2D eigenvalue weighted by Gasteiger charge is 2.31. The molecule has 0 spiro atoms. The first kappa shape index (κ1) is 14.5. The summed E-state index contributed by atoms with van der Waals surface area (Å²) in [6.45, 7) is 4.60. The summed E-state index contributed by atoms with van der Waals surface area (Å²) >= 11 is 0. The Kier molecular flexibility index (Phi) is 4.37. The van der Waals surface area contributed by atoms with Crippen molar-refractivity contribution in [1.82, 2.24) is 9.47 Å². The normalized spacial score (nSPS) is 18.3. The van der Waals surface area contributed by atoms with E-state index in [2.05, 4.69) is 0 Å². The molecule has 0 aliphatic carbocycles. The predicted molar refractivity (Wildman–Crippen MR) is 75.5 cm³/mol. The van der Waals surface area contributed by atoms with Crippen molar-refractivity contribution in [3.8, 4) is 0 Å². The Hall–Kier alpha value is -1.91. The second-order valence-electron chi connectivity index (χ2n) is 5.16. The number of pyridine rings is 1. The van der Waals surface area contributed by atoms with Crippen molar-refractivity contribution in [3.05, 3.63) is 34.2 Å². The van der Waals surface area contributed by atoms with Crippen molar-refractivity contribution in [2.24, 2.45) is 0 Å². The first-order chi connectivity index (χ1) is 9.54. The topological polar surface area (TPSA) is 59.4 Å². The number of likely N-dealkylation sites (tertiary alicyclic amines) is 1. The van der Waals surface area contributed by atoms with Gasteiger partial charge in [0.25, 0.3) is 5.56 Å². The third-order valence-corrected chi connectivity index (χ3v) is 3.82. The number of ketones is 1. The second kappa shape index (κ2) is 6.03. The van der Waals surface area contributed by atoms with Crippen LogP contribution in [-0.4, -0.2) is 33.7 Å². The fraction of sp³-hybridized carbons (Fsp3) is 0.533. The molecule has 1 amide bonds. The fourth-order valence-electron chi connectivity index (χ4n) is 2.72. The van der Waals surface area contributed by atoms with E-state index in [0.717, 1.165) is 12.8 Å². The number of aryl methyl sites for hydroxylation is 1.